The van der Waals surface area contributed by atoms with E-state index in [4.69, 9.17) is 33.7 Å². The Labute approximate surface area is 114 Å². The lowest BCUT2D eigenvalue weighted by molar-refractivity contribution is 0.0949. The summed E-state index contributed by atoms with van der Waals surface area (Å²) in [5.41, 5.74) is 5.90. The Morgan fingerprint density at radius 3 is 2.76 bits per heavy atom. The van der Waals surface area contributed by atoms with Crippen LogP contribution >= 0.6 is 34.5 Å². The summed E-state index contributed by atoms with van der Waals surface area (Å²) in [4.78, 5) is 12.1. The zero-order valence-electron chi connectivity index (χ0n) is 9.39. The number of nitrogens with two attached hydrogens (primary N) is 1. The van der Waals surface area contributed by atoms with Gasteiger partial charge in [0.15, 0.2) is 0 Å². The molecule has 0 bridgehead atoms. The van der Waals surface area contributed by atoms with Crippen LogP contribution in [0.15, 0.2) is 0 Å². The number of amides is 1. The van der Waals surface area contributed by atoms with Crippen molar-refractivity contribution in [3.63, 3.8) is 0 Å². The predicted octanol–water partition coefficient (Wildman–Crippen LogP) is 2.79. The minimum absolute atomic E-state index is 0.240. The molecule has 1 rings (SSSR count). The third kappa shape index (κ3) is 4.03. The van der Waals surface area contributed by atoms with Gasteiger partial charge in [-0.15, -0.1) is 11.3 Å². The van der Waals surface area contributed by atoms with E-state index in [2.05, 4.69) is 5.32 Å². The first kappa shape index (κ1) is 14.6. The van der Waals surface area contributed by atoms with E-state index in [9.17, 15) is 4.79 Å². The van der Waals surface area contributed by atoms with Gasteiger partial charge >= 0.3 is 0 Å². The zero-order valence-corrected chi connectivity index (χ0v) is 11.7. The molecule has 0 unspecified atom stereocenters. The van der Waals surface area contributed by atoms with E-state index in [-0.39, 0.29) is 16.6 Å². The molecule has 0 saturated heterocycles. The number of rotatable bonds is 6. The van der Waals surface area contributed by atoms with Gasteiger partial charge in [-0.2, -0.15) is 0 Å². The summed E-state index contributed by atoms with van der Waals surface area (Å²) in [6.45, 7) is 3.76. The fourth-order valence-electron chi connectivity index (χ4n) is 1.16. The van der Waals surface area contributed by atoms with E-state index >= 15 is 0 Å². The van der Waals surface area contributed by atoms with Gasteiger partial charge in [-0.3, -0.25) is 4.79 Å². The fourth-order valence-corrected chi connectivity index (χ4v) is 2.52. The lowest BCUT2D eigenvalue weighted by Gasteiger charge is -2.04. The average Bonchev–Trinajstić information content (AvgIpc) is 2.56. The lowest BCUT2D eigenvalue weighted by Crippen LogP contribution is -2.25. The number of hydrogen-bond acceptors (Lipinski definition) is 4. The molecule has 1 heterocycles. The Kier molecular flexibility index (Phi) is 6.05. The van der Waals surface area contributed by atoms with E-state index in [1.54, 1.807) is 0 Å². The van der Waals surface area contributed by atoms with Gasteiger partial charge in [-0.1, -0.05) is 23.2 Å². The number of halogens is 2. The van der Waals surface area contributed by atoms with Gasteiger partial charge in [-0.05, 0) is 13.3 Å². The minimum Gasteiger partial charge on any atom is -0.396 e. The van der Waals surface area contributed by atoms with Gasteiger partial charge in [-0.25, -0.2) is 0 Å². The molecule has 3 N–H and O–H groups in total. The lowest BCUT2D eigenvalue weighted by atomic mass is 10.3. The molecule has 17 heavy (non-hydrogen) atoms. The van der Waals surface area contributed by atoms with E-state index < -0.39 is 0 Å². The summed E-state index contributed by atoms with van der Waals surface area (Å²) in [6.07, 6.45) is 0.756. The molecule has 0 atom stereocenters. The molecule has 0 saturated carbocycles. The van der Waals surface area contributed by atoms with Gasteiger partial charge in [0, 0.05) is 19.8 Å². The maximum atomic E-state index is 11.7. The third-order valence-corrected chi connectivity index (χ3v) is 4.02. The number of ether oxygens (including phenoxy) is 1. The van der Waals surface area contributed by atoms with Crippen LogP contribution in [0.5, 0.6) is 0 Å². The van der Waals surface area contributed by atoms with Crippen LogP contribution in [0, 0.1) is 0 Å². The summed E-state index contributed by atoms with van der Waals surface area (Å²) < 4.78 is 5.49. The quantitative estimate of drug-likeness (QED) is 0.794. The van der Waals surface area contributed by atoms with Crippen molar-refractivity contribution in [3.05, 3.63) is 14.2 Å². The molecule has 0 spiro atoms. The van der Waals surface area contributed by atoms with Crippen molar-refractivity contribution in [2.45, 2.75) is 13.3 Å². The maximum absolute atomic E-state index is 11.7. The van der Waals surface area contributed by atoms with Crippen LogP contribution in [0.3, 0.4) is 0 Å². The number of anilines is 1. The van der Waals surface area contributed by atoms with E-state index in [0.717, 1.165) is 17.8 Å². The highest BCUT2D eigenvalue weighted by molar-refractivity contribution is 7.19. The summed E-state index contributed by atoms with van der Waals surface area (Å²) in [6, 6.07) is 0. The minimum atomic E-state index is -0.252. The largest absolute Gasteiger partial charge is 0.396 e. The number of nitrogens with one attached hydrogen (secondary N) is 1. The van der Waals surface area contributed by atoms with Crippen molar-refractivity contribution in [2.75, 3.05) is 25.5 Å². The Morgan fingerprint density at radius 1 is 1.53 bits per heavy atom. The first-order chi connectivity index (χ1) is 8.07. The van der Waals surface area contributed by atoms with E-state index in [0.29, 0.717) is 29.0 Å². The van der Waals surface area contributed by atoms with Crippen LogP contribution in [0.4, 0.5) is 5.69 Å². The van der Waals surface area contributed by atoms with Crippen molar-refractivity contribution in [1.82, 2.24) is 5.32 Å². The molecular weight excluding hydrogens is 283 g/mol. The van der Waals surface area contributed by atoms with Crippen molar-refractivity contribution >= 4 is 46.1 Å². The molecule has 4 nitrogen and oxygen atoms in total. The summed E-state index contributed by atoms with van der Waals surface area (Å²) in [7, 11) is 0. The Hall–Kier alpha value is -0.490. The van der Waals surface area contributed by atoms with Crippen LogP contribution in [0.1, 0.15) is 23.0 Å². The van der Waals surface area contributed by atoms with Crippen molar-refractivity contribution < 1.29 is 9.53 Å². The number of nitrogen functional groups attached to an aromatic ring is 1. The van der Waals surface area contributed by atoms with E-state index in [1.165, 1.54) is 0 Å². The SMILES string of the molecule is CCOCCCNC(=O)c1sc(Cl)c(Cl)c1N. The van der Waals surface area contributed by atoms with Crippen molar-refractivity contribution in [1.29, 1.82) is 0 Å². The van der Waals surface area contributed by atoms with Crippen LogP contribution in [0.2, 0.25) is 9.36 Å². The van der Waals surface area contributed by atoms with Crippen LogP contribution in [0.25, 0.3) is 0 Å². The molecule has 0 aliphatic heterocycles. The zero-order chi connectivity index (χ0) is 12.8. The number of carbonyl (C=O) groups excluding carboxylic acids is 1. The first-order valence-electron chi connectivity index (χ1n) is 5.17. The molecular formula is C10H14Cl2N2O2S. The highest BCUT2D eigenvalue weighted by Gasteiger charge is 2.18. The molecule has 0 radical (unpaired) electrons. The maximum Gasteiger partial charge on any atom is 0.263 e. The van der Waals surface area contributed by atoms with Crippen LogP contribution in [-0.2, 0) is 4.74 Å². The molecule has 0 aliphatic rings. The summed E-state index contributed by atoms with van der Waals surface area (Å²) >= 11 is 12.7. The van der Waals surface area contributed by atoms with Crippen LogP contribution in [-0.4, -0.2) is 25.7 Å². The third-order valence-electron chi connectivity index (χ3n) is 2.01. The van der Waals surface area contributed by atoms with Gasteiger partial charge < -0.3 is 15.8 Å². The molecule has 1 aromatic rings. The Morgan fingerprint density at radius 2 is 2.24 bits per heavy atom. The summed E-state index contributed by atoms with van der Waals surface area (Å²) in [5.74, 6) is -0.252. The van der Waals surface area contributed by atoms with Gasteiger partial charge in [0.05, 0.1) is 10.7 Å². The number of carbonyl (C=O) groups is 1. The van der Waals surface area contributed by atoms with Crippen molar-refractivity contribution in [3.8, 4) is 0 Å². The number of hydrogen-bond donors (Lipinski definition) is 2. The standard InChI is InChI=1S/C10H14Cl2N2O2S/c1-2-16-5-3-4-14-10(15)8-7(13)6(11)9(12)17-8/h2-5,13H2,1H3,(H,14,15). The smallest absolute Gasteiger partial charge is 0.263 e. The fraction of sp³-hybridized carbons (Fsp3) is 0.500. The molecule has 96 valence electrons. The van der Waals surface area contributed by atoms with Crippen molar-refractivity contribution in [2.24, 2.45) is 0 Å². The Bertz CT molecular complexity index is 396. The normalized spacial score (nSPS) is 10.5. The van der Waals surface area contributed by atoms with Gasteiger partial charge in [0.25, 0.3) is 5.91 Å². The molecule has 0 aliphatic carbocycles. The second-order valence-electron chi connectivity index (χ2n) is 3.24. The molecule has 1 amide bonds. The topological polar surface area (TPSA) is 64.3 Å². The average molecular weight is 297 g/mol. The molecule has 0 fully saturated rings. The first-order valence-corrected chi connectivity index (χ1v) is 6.74. The molecule has 7 heteroatoms. The number of thiophene rings is 1. The van der Waals surface area contributed by atoms with E-state index in [1.807, 2.05) is 6.92 Å². The Balaban J connectivity index is 2.44. The highest BCUT2D eigenvalue weighted by atomic mass is 35.5. The monoisotopic (exact) mass is 296 g/mol. The van der Waals surface area contributed by atoms with Crippen LogP contribution < -0.4 is 11.1 Å². The second-order valence-corrected chi connectivity index (χ2v) is 5.24. The molecule has 0 aromatic carbocycles. The highest BCUT2D eigenvalue weighted by Crippen LogP contribution is 2.38. The van der Waals surface area contributed by atoms with Gasteiger partial charge in [0.2, 0.25) is 0 Å². The van der Waals surface area contributed by atoms with Gasteiger partial charge in [0.1, 0.15) is 9.21 Å². The predicted molar refractivity (Wildman–Crippen MR) is 72.2 cm³/mol. The summed E-state index contributed by atoms with van der Waals surface area (Å²) in [5, 5.41) is 2.98. The second kappa shape index (κ2) is 7.06. The molecule has 1 aromatic heterocycles.